The fraction of sp³-hybridized carbons (Fsp3) is 0.412. The monoisotopic (exact) mass is 300 g/mol. The van der Waals surface area contributed by atoms with E-state index in [1.165, 1.54) is 11.3 Å². The van der Waals surface area contributed by atoms with Gasteiger partial charge in [-0.15, -0.1) is 0 Å². The third-order valence-corrected chi connectivity index (χ3v) is 4.00. The Balaban J connectivity index is 1.81. The first-order valence-corrected chi connectivity index (χ1v) is 7.59. The molecular weight excluding hydrogens is 276 g/mol. The maximum atomic E-state index is 12.0. The van der Waals surface area contributed by atoms with E-state index in [0.29, 0.717) is 18.7 Å². The topological polar surface area (TPSA) is 72.9 Å². The van der Waals surface area contributed by atoms with Gasteiger partial charge in [-0.2, -0.15) is 5.10 Å². The molecule has 0 saturated carbocycles. The van der Waals surface area contributed by atoms with Crippen LogP contribution in [-0.4, -0.2) is 22.2 Å². The third kappa shape index (κ3) is 3.74. The van der Waals surface area contributed by atoms with Crippen LogP contribution in [0.4, 0.5) is 0 Å². The highest BCUT2D eigenvalue weighted by molar-refractivity contribution is 5.94. The summed E-state index contributed by atoms with van der Waals surface area (Å²) in [6.45, 7) is 5.25. The number of aryl methyl sites for hydroxylation is 2. The van der Waals surface area contributed by atoms with Crippen LogP contribution < -0.4 is 11.1 Å². The number of hydrogen-bond acceptors (Lipinski definition) is 3. The Hall–Kier alpha value is -2.14. The molecule has 5 nitrogen and oxygen atoms in total. The highest BCUT2D eigenvalue weighted by Crippen LogP contribution is 2.13. The normalized spacial score (nSPS) is 10.7. The van der Waals surface area contributed by atoms with E-state index in [-0.39, 0.29) is 5.91 Å². The highest BCUT2D eigenvalue weighted by atomic mass is 16.1. The first-order valence-electron chi connectivity index (χ1n) is 7.59. The SMILES string of the molecule is Cc1nn(C)c(C)c1CCCNC(=O)c1ccc(CN)cc1. The number of aromatic nitrogens is 2. The van der Waals surface area contributed by atoms with Crippen molar-refractivity contribution >= 4 is 5.91 Å². The molecule has 2 aromatic rings. The van der Waals surface area contributed by atoms with Crippen LogP contribution in [0.3, 0.4) is 0 Å². The second-order valence-corrected chi connectivity index (χ2v) is 5.53. The van der Waals surface area contributed by atoms with Gasteiger partial charge in [-0.25, -0.2) is 0 Å². The average molecular weight is 300 g/mol. The van der Waals surface area contributed by atoms with Gasteiger partial charge in [-0.05, 0) is 49.9 Å². The van der Waals surface area contributed by atoms with Crippen LogP contribution in [0.15, 0.2) is 24.3 Å². The zero-order chi connectivity index (χ0) is 16.1. The number of nitrogens with two attached hydrogens (primary N) is 1. The third-order valence-electron chi connectivity index (χ3n) is 4.00. The summed E-state index contributed by atoms with van der Waals surface area (Å²) < 4.78 is 1.91. The Kier molecular flexibility index (Phi) is 5.33. The van der Waals surface area contributed by atoms with Crippen molar-refractivity contribution in [2.24, 2.45) is 12.8 Å². The van der Waals surface area contributed by atoms with Gasteiger partial charge in [0.25, 0.3) is 5.91 Å². The van der Waals surface area contributed by atoms with Crippen LogP contribution in [0.2, 0.25) is 0 Å². The van der Waals surface area contributed by atoms with Crippen molar-refractivity contribution in [2.45, 2.75) is 33.2 Å². The molecule has 0 bridgehead atoms. The number of nitrogens with zero attached hydrogens (tertiary/aromatic N) is 2. The molecule has 0 atom stereocenters. The minimum absolute atomic E-state index is 0.0387. The lowest BCUT2D eigenvalue weighted by molar-refractivity contribution is 0.0953. The smallest absolute Gasteiger partial charge is 0.251 e. The molecule has 5 heteroatoms. The summed E-state index contributed by atoms with van der Waals surface area (Å²) in [6.07, 6.45) is 1.83. The van der Waals surface area contributed by atoms with Gasteiger partial charge in [-0.1, -0.05) is 12.1 Å². The van der Waals surface area contributed by atoms with Crippen LogP contribution >= 0.6 is 0 Å². The van der Waals surface area contributed by atoms with Gasteiger partial charge >= 0.3 is 0 Å². The van der Waals surface area contributed by atoms with E-state index in [9.17, 15) is 4.79 Å². The van der Waals surface area contributed by atoms with E-state index in [2.05, 4.69) is 17.3 Å². The zero-order valence-corrected chi connectivity index (χ0v) is 13.5. The lowest BCUT2D eigenvalue weighted by Gasteiger charge is -2.06. The molecule has 1 aromatic carbocycles. The summed E-state index contributed by atoms with van der Waals surface area (Å²) in [6, 6.07) is 7.40. The van der Waals surface area contributed by atoms with Crippen molar-refractivity contribution in [3.05, 3.63) is 52.3 Å². The summed E-state index contributed by atoms with van der Waals surface area (Å²) in [4.78, 5) is 12.0. The van der Waals surface area contributed by atoms with Crippen molar-refractivity contribution in [1.29, 1.82) is 0 Å². The number of hydrogen-bond donors (Lipinski definition) is 2. The predicted molar refractivity (Wildman–Crippen MR) is 87.7 cm³/mol. The van der Waals surface area contributed by atoms with Gasteiger partial charge in [0.1, 0.15) is 0 Å². The largest absolute Gasteiger partial charge is 0.352 e. The molecule has 0 aliphatic rings. The number of benzene rings is 1. The Morgan fingerprint density at radius 1 is 1.27 bits per heavy atom. The first kappa shape index (κ1) is 16.2. The first-order chi connectivity index (χ1) is 10.5. The molecule has 3 N–H and O–H groups in total. The fourth-order valence-corrected chi connectivity index (χ4v) is 2.54. The van der Waals surface area contributed by atoms with E-state index in [1.807, 2.05) is 42.9 Å². The lowest BCUT2D eigenvalue weighted by atomic mass is 10.1. The molecule has 118 valence electrons. The summed E-state index contributed by atoms with van der Waals surface area (Å²) in [5.74, 6) is -0.0387. The fourth-order valence-electron chi connectivity index (χ4n) is 2.54. The molecule has 0 radical (unpaired) electrons. The summed E-state index contributed by atoms with van der Waals surface area (Å²) in [7, 11) is 1.96. The second kappa shape index (κ2) is 7.22. The van der Waals surface area contributed by atoms with Gasteiger partial charge in [0.05, 0.1) is 5.69 Å². The maximum Gasteiger partial charge on any atom is 0.251 e. The molecule has 2 rings (SSSR count). The van der Waals surface area contributed by atoms with Crippen LogP contribution in [0.25, 0.3) is 0 Å². The van der Waals surface area contributed by atoms with Crippen LogP contribution in [0.1, 0.15) is 39.3 Å². The Bertz CT molecular complexity index is 643. The Morgan fingerprint density at radius 2 is 1.95 bits per heavy atom. The molecule has 1 amide bonds. The number of nitrogens with one attached hydrogen (secondary N) is 1. The number of carbonyl (C=O) groups excluding carboxylic acids is 1. The highest BCUT2D eigenvalue weighted by Gasteiger charge is 2.09. The maximum absolute atomic E-state index is 12.0. The van der Waals surface area contributed by atoms with E-state index >= 15 is 0 Å². The predicted octanol–water partition coefficient (Wildman–Crippen LogP) is 1.86. The zero-order valence-electron chi connectivity index (χ0n) is 13.5. The van der Waals surface area contributed by atoms with E-state index < -0.39 is 0 Å². The molecule has 1 heterocycles. The molecule has 0 fully saturated rings. The molecule has 1 aromatic heterocycles. The second-order valence-electron chi connectivity index (χ2n) is 5.53. The van der Waals surface area contributed by atoms with Crippen LogP contribution in [0, 0.1) is 13.8 Å². The summed E-state index contributed by atoms with van der Waals surface area (Å²) >= 11 is 0. The molecular formula is C17H24N4O. The van der Waals surface area contributed by atoms with Gasteiger partial charge < -0.3 is 11.1 Å². The van der Waals surface area contributed by atoms with E-state index in [1.54, 1.807) is 0 Å². The standard InChI is InChI=1S/C17H24N4O/c1-12-16(13(2)21(3)20-12)5-4-10-19-17(22)15-8-6-14(11-18)7-9-15/h6-9H,4-5,10-11,18H2,1-3H3,(H,19,22). The molecule has 0 aliphatic heterocycles. The van der Waals surface area contributed by atoms with Crippen molar-refractivity contribution in [1.82, 2.24) is 15.1 Å². The molecule has 0 aliphatic carbocycles. The van der Waals surface area contributed by atoms with Gasteiger partial charge in [0, 0.05) is 31.4 Å². The van der Waals surface area contributed by atoms with Crippen molar-refractivity contribution in [3.8, 4) is 0 Å². The summed E-state index contributed by atoms with van der Waals surface area (Å²) in [5, 5.41) is 7.36. The van der Waals surface area contributed by atoms with Gasteiger partial charge in [-0.3, -0.25) is 9.48 Å². The molecule has 0 spiro atoms. The van der Waals surface area contributed by atoms with E-state index in [4.69, 9.17) is 5.73 Å². The van der Waals surface area contributed by atoms with Gasteiger partial charge in [0.15, 0.2) is 0 Å². The van der Waals surface area contributed by atoms with E-state index in [0.717, 1.165) is 24.1 Å². The van der Waals surface area contributed by atoms with Gasteiger partial charge in [0.2, 0.25) is 0 Å². The minimum Gasteiger partial charge on any atom is -0.352 e. The molecule has 22 heavy (non-hydrogen) atoms. The molecule has 0 unspecified atom stereocenters. The minimum atomic E-state index is -0.0387. The van der Waals surface area contributed by atoms with Crippen LogP contribution in [-0.2, 0) is 20.0 Å². The average Bonchev–Trinajstić information content (AvgIpc) is 2.77. The number of carbonyl (C=O) groups is 1. The quantitative estimate of drug-likeness (QED) is 0.800. The van der Waals surface area contributed by atoms with Crippen LogP contribution in [0.5, 0.6) is 0 Å². The van der Waals surface area contributed by atoms with Crippen molar-refractivity contribution in [2.75, 3.05) is 6.54 Å². The van der Waals surface area contributed by atoms with Crippen molar-refractivity contribution in [3.63, 3.8) is 0 Å². The number of rotatable bonds is 6. The van der Waals surface area contributed by atoms with Crippen molar-refractivity contribution < 1.29 is 4.79 Å². The molecule has 0 saturated heterocycles. The summed E-state index contributed by atoms with van der Waals surface area (Å²) in [5.41, 5.74) is 10.8. The lowest BCUT2D eigenvalue weighted by Crippen LogP contribution is -2.24. The Labute approximate surface area is 131 Å². The number of amides is 1. The Morgan fingerprint density at radius 3 is 2.50 bits per heavy atom.